The largest absolute Gasteiger partial charge is 0.466 e. The number of ether oxygens (including phenoxy) is 1. The van der Waals surface area contributed by atoms with Crippen LogP contribution in [0.1, 0.15) is 399 Å². The molecule has 0 aliphatic rings. The maximum absolute atomic E-state index is 12.5. The fourth-order valence-corrected chi connectivity index (χ4v) is 11.2. The zero-order valence-corrected chi connectivity index (χ0v) is 50.6. The van der Waals surface area contributed by atoms with Crippen molar-refractivity contribution in [2.75, 3.05) is 13.2 Å². The molecule has 0 bridgehead atoms. The minimum absolute atomic E-state index is 0.0228. The van der Waals surface area contributed by atoms with Crippen LogP contribution in [0.4, 0.5) is 0 Å². The number of rotatable bonds is 65. The predicted molar refractivity (Wildman–Crippen MR) is 324 cm³/mol. The van der Waals surface area contributed by atoms with Gasteiger partial charge in [-0.05, 0) is 25.7 Å². The Kier molecular flexibility index (Phi) is 63.4. The second kappa shape index (κ2) is 64.4. The van der Waals surface area contributed by atoms with E-state index < -0.39 is 12.1 Å². The summed E-state index contributed by atoms with van der Waals surface area (Å²) >= 11 is 0. The van der Waals surface area contributed by atoms with Crippen molar-refractivity contribution in [3.05, 3.63) is 0 Å². The Bertz CT molecular complexity index is 1070. The van der Waals surface area contributed by atoms with Crippen molar-refractivity contribution in [2.45, 2.75) is 411 Å². The van der Waals surface area contributed by atoms with Gasteiger partial charge in [-0.2, -0.15) is 0 Å². The SMILES string of the molecule is CCCCCCCCCCCCCCCCC(=O)OCCCCCCCCCCCCCCCCCCCCCCCCCCCCCCCC(=O)NC(CO)C(O)CCCCCCCCCCCCCCCC. The van der Waals surface area contributed by atoms with Gasteiger partial charge in [0.25, 0.3) is 0 Å². The number of aliphatic hydroxyl groups excluding tert-OH is 2. The third kappa shape index (κ3) is 60.1. The van der Waals surface area contributed by atoms with Gasteiger partial charge in [-0.3, -0.25) is 9.59 Å². The quantitative estimate of drug-likeness (QED) is 0.0417. The third-order valence-corrected chi connectivity index (χ3v) is 16.4. The minimum atomic E-state index is -0.660. The second-order valence-corrected chi connectivity index (χ2v) is 23.9. The summed E-state index contributed by atoms with van der Waals surface area (Å²) in [5.74, 6) is -0.00539. The highest BCUT2D eigenvalue weighted by atomic mass is 16.5. The van der Waals surface area contributed by atoms with E-state index in [-0.39, 0.29) is 18.5 Å². The zero-order valence-electron chi connectivity index (χ0n) is 50.6. The number of hydrogen-bond donors (Lipinski definition) is 3. The third-order valence-electron chi connectivity index (χ3n) is 16.4. The maximum atomic E-state index is 12.5. The molecule has 0 heterocycles. The normalized spacial score (nSPS) is 12.4. The summed E-state index contributed by atoms with van der Waals surface area (Å²) in [5.41, 5.74) is 0. The molecule has 2 atom stereocenters. The van der Waals surface area contributed by atoms with Crippen LogP contribution in [0.15, 0.2) is 0 Å². The molecule has 74 heavy (non-hydrogen) atoms. The average molecular weight is 1050 g/mol. The summed E-state index contributed by atoms with van der Waals surface area (Å²) < 4.78 is 5.50. The monoisotopic (exact) mass is 1050 g/mol. The molecule has 6 nitrogen and oxygen atoms in total. The highest BCUT2D eigenvalue weighted by Crippen LogP contribution is 2.19. The maximum Gasteiger partial charge on any atom is 0.305 e. The lowest BCUT2D eigenvalue weighted by molar-refractivity contribution is -0.143. The first-order valence-corrected chi connectivity index (χ1v) is 34.3. The van der Waals surface area contributed by atoms with Gasteiger partial charge in [0.2, 0.25) is 5.91 Å². The fraction of sp³-hybridized carbons (Fsp3) is 0.971. The van der Waals surface area contributed by atoms with Gasteiger partial charge in [0.05, 0.1) is 25.4 Å². The molecule has 3 N–H and O–H groups in total. The van der Waals surface area contributed by atoms with Gasteiger partial charge in [0, 0.05) is 12.8 Å². The number of carbonyl (C=O) groups excluding carboxylic acids is 2. The van der Waals surface area contributed by atoms with Crippen molar-refractivity contribution < 1.29 is 24.5 Å². The van der Waals surface area contributed by atoms with Gasteiger partial charge in [-0.15, -0.1) is 0 Å². The Balaban J connectivity index is 3.31. The summed E-state index contributed by atoms with van der Waals surface area (Å²) in [6.07, 6.45) is 77.2. The first-order chi connectivity index (χ1) is 36.5. The van der Waals surface area contributed by atoms with E-state index in [9.17, 15) is 19.8 Å². The molecule has 0 rings (SSSR count). The van der Waals surface area contributed by atoms with Crippen LogP contribution in [0.2, 0.25) is 0 Å². The van der Waals surface area contributed by atoms with Gasteiger partial charge < -0.3 is 20.3 Å². The molecule has 0 aromatic heterocycles. The fourth-order valence-electron chi connectivity index (χ4n) is 11.2. The van der Waals surface area contributed by atoms with E-state index in [1.807, 2.05) is 0 Å². The Morgan fingerprint density at radius 1 is 0.324 bits per heavy atom. The summed E-state index contributed by atoms with van der Waals surface area (Å²) in [6, 6.07) is -0.537. The van der Waals surface area contributed by atoms with Crippen molar-refractivity contribution in [2.24, 2.45) is 0 Å². The molecule has 0 saturated carbocycles. The van der Waals surface area contributed by atoms with Crippen LogP contribution < -0.4 is 5.32 Å². The molecule has 442 valence electrons. The summed E-state index contributed by atoms with van der Waals surface area (Å²) in [5, 5.41) is 23.3. The number of unbranched alkanes of at least 4 members (excludes halogenated alkanes) is 54. The van der Waals surface area contributed by atoms with Crippen LogP contribution in [0, 0.1) is 0 Å². The molecule has 0 aliphatic heterocycles. The molecule has 0 aromatic rings. The van der Waals surface area contributed by atoms with Crippen molar-refractivity contribution in [1.82, 2.24) is 5.32 Å². The van der Waals surface area contributed by atoms with Crippen LogP contribution in [0.5, 0.6) is 0 Å². The summed E-state index contributed by atoms with van der Waals surface area (Å²) in [6.45, 7) is 5.00. The molecule has 0 fully saturated rings. The molecule has 0 saturated heterocycles. The highest BCUT2D eigenvalue weighted by Gasteiger charge is 2.20. The summed E-state index contributed by atoms with van der Waals surface area (Å²) in [4.78, 5) is 24.6. The van der Waals surface area contributed by atoms with Gasteiger partial charge in [0.15, 0.2) is 0 Å². The molecule has 0 spiro atoms. The first kappa shape index (κ1) is 72.9. The van der Waals surface area contributed by atoms with Crippen LogP contribution in [-0.2, 0) is 14.3 Å². The van der Waals surface area contributed by atoms with E-state index in [1.165, 1.54) is 327 Å². The van der Waals surface area contributed by atoms with Crippen molar-refractivity contribution in [3.8, 4) is 0 Å². The smallest absolute Gasteiger partial charge is 0.305 e. The molecule has 0 aliphatic carbocycles. The van der Waals surface area contributed by atoms with Crippen molar-refractivity contribution in [3.63, 3.8) is 0 Å². The van der Waals surface area contributed by atoms with Gasteiger partial charge >= 0.3 is 5.97 Å². The number of aliphatic hydroxyl groups is 2. The van der Waals surface area contributed by atoms with Crippen LogP contribution in [0.25, 0.3) is 0 Å². The first-order valence-electron chi connectivity index (χ1n) is 34.3. The van der Waals surface area contributed by atoms with E-state index >= 15 is 0 Å². The Morgan fingerprint density at radius 2 is 0.554 bits per heavy atom. The summed E-state index contributed by atoms with van der Waals surface area (Å²) in [7, 11) is 0. The van der Waals surface area contributed by atoms with Crippen molar-refractivity contribution in [1.29, 1.82) is 0 Å². The van der Waals surface area contributed by atoms with Gasteiger partial charge in [-0.1, -0.05) is 361 Å². The standard InChI is InChI=1S/C68H135NO5/c1-3-5-7-9-11-13-15-17-36-40-44-48-52-56-60-66(71)65(64-70)69-67(72)61-57-53-49-45-41-37-34-32-30-28-26-24-22-20-19-21-23-25-27-29-31-33-35-39-43-47-51-55-59-63-74-68(73)62-58-54-50-46-42-38-18-16-14-12-10-8-6-4-2/h65-66,70-71H,3-64H2,1-2H3,(H,69,72). The highest BCUT2D eigenvalue weighted by molar-refractivity contribution is 5.76. The lowest BCUT2D eigenvalue weighted by Crippen LogP contribution is -2.45. The molecular formula is C68H135NO5. The lowest BCUT2D eigenvalue weighted by Gasteiger charge is -2.22. The number of carbonyl (C=O) groups is 2. The lowest BCUT2D eigenvalue weighted by atomic mass is 10.0. The van der Waals surface area contributed by atoms with E-state index in [4.69, 9.17) is 4.74 Å². The minimum Gasteiger partial charge on any atom is -0.466 e. The van der Waals surface area contributed by atoms with Crippen LogP contribution >= 0.6 is 0 Å². The van der Waals surface area contributed by atoms with E-state index in [0.29, 0.717) is 25.9 Å². The number of hydrogen-bond acceptors (Lipinski definition) is 5. The predicted octanol–water partition coefficient (Wildman–Crippen LogP) is 21.8. The second-order valence-electron chi connectivity index (χ2n) is 23.9. The topological polar surface area (TPSA) is 95.9 Å². The van der Waals surface area contributed by atoms with E-state index in [0.717, 1.165) is 38.5 Å². The average Bonchev–Trinajstić information content (AvgIpc) is 3.40. The Hall–Kier alpha value is -1.14. The molecule has 1 amide bonds. The van der Waals surface area contributed by atoms with Crippen LogP contribution in [0.3, 0.4) is 0 Å². The number of nitrogens with one attached hydrogen (secondary N) is 1. The van der Waals surface area contributed by atoms with Crippen molar-refractivity contribution >= 4 is 11.9 Å². The van der Waals surface area contributed by atoms with Gasteiger partial charge in [-0.25, -0.2) is 0 Å². The van der Waals surface area contributed by atoms with E-state index in [2.05, 4.69) is 19.2 Å². The molecule has 2 unspecified atom stereocenters. The Morgan fingerprint density at radius 3 is 0.824 bits per heavy atom. The zero-order chi connectivity index (χ0) is 53.6. The molecule has 6 heteroatoms. The number of amides is 1. The van der Waals surface area contributed by atoms with E-state index in [1.54, 1.807) is 0 Å². The van der Waals surface area contributed by atoms with Gasteiger partial charge in [0.1, 0.15) is 0 Å². The number of esters is 1. The molecular weight excluding hydrogens is 911 g/mol. The molecule has 0 radical (unpaired) electrons. The molecule has 0 aromatic carbocycles. The van der Waals surface area contributed by atoms with Crippen LogP contribution in [-0.4, -0.2) is 47.4 Å². The Labute approximate surface area is 464 Å².